The van der Waals surface area contributed by atoms with E-state index in [9.17, 15) is 4.79 Å². The fraction of sp³-hybridized carbons (Fsp3) is 0.588. The standard InChI is InChI=1S/C17H23Cl2NO3/c1-17(2,3)23-16(21)20-8-6-12(7-9-20)11-22-15-5-4-13(18)10-14(15)19/h4-5,10,12H,6-9,11H2,1-3H3. The molecule has 4 nitrogen and oxygen atoms in total. The van der Waals surface area contributed by atoms with Gasteiger partial charge in [-0.25, -0.2) is 4.79 Å². The Morgan fingerprint density at radius 2 is 1.91 bits per heavy atom. The molecule has 2 rings (SSSR count). The third-order valence-electron chi connectivity index (χ3n) is 3.63. The molecule has 0 saturated carbocycles. The number of likely N-dealkylation sites (tertiary alicyclic amines) is 1. The van der Waals surface area contributed by atoms with Crippen molar-refractivity contribution in [3.63, 3.8) is 0 Å². The number of carbonyl (C=O) groups is 1. The molecule has 23 heavy (non-hydrogen) atoms. The van der Waals surface area contributed by atoms with E-state index in [4.69, 9.17) is 32.7 Å². The van der Waals surface area contributed by atoms with E-state index < -0.39 is 5.60 Å². The summed E-state index contributed by atoms with van der Waals surface area (Å²) < 4.78 is 11.2. The molecule has 1 fully saturated rings. The van der Waals surface area contributed by atoms with Crippen LogP contribution in [0.4, 0.5) is 4.79 Å². The van der Waals surface area contributed by atoms with Crippen molar-refractivity contribution in [2.45, 2.75) is 39.2 Å². The number of hydrogen-bond acceptors (Lipinski definition) is 3. The van der Waals surface area contributed by atoms with Gasteiger partial charge < -0.3 is 14.4 Å². The predicted molar refractivity (Wildman–Crippen MR) is 92.5 cm³/mol. The lowest BCUT2D eigenvalue weighted by molar-refractivity contribution is 0.0165. The maximum absolute atomic E-state index is 12.0. The molecule has 1 aromatic rings. The number of rotatable bonds is 3. The first-order valence-corrected chi connectivity index (χ1v) is 8.56. The van der Waals surface area contributed by atoms with Gasteiger partial charge in [0, 0.05) is 18.1 Å². The summed E-state index contributed by atoms with van der Waals surface area (Å²) in [5.41, 5.74) is -0.456. The number of ether oxygens (including phenoxy) is 2. The van der Waals surface area contributed by atoms with E-state index in [1.54, 1.807) is 23.1 Å². The minimum atomic E-state index is -0.456. The summed E-state index contributed by atoms with van der Waals surface area (Å²) in [6.45, 7) is 7.60. The van der Waals surface area contributed by atoms with Crippen LogP contribution in [0.15, 0.2) is 18.2 Å². The largest absolute Gasteiger partial charge is 0.492 e. The molecule has 0 bridgehead atoms. The van der Waals surface area contributed by atoms with E-state index in [2.05, 4.69) is 0 Å². The minimum Gasteiger partial charge on any atom is -0.492 e. The number of amides is 1. The van der Waals surface area contributed by atoms with Crippen molar-refractivity contribution in [3.8, 4) is 5.75 Å². The molecule has 1 saturated heterocycles. The van der Waals surface area contributed by atoms with Gasteiger partial charge in [0.05, 0.1) is 11.6 Å². The lowest BCUT2D eigenvalue weighted by Crippen LogP contribution is -2.42. The van der Waals surface area contributed by atoms with Crippen LogP contribution < -0.4 is 4.74 Å². The highest BCUT2D eigenvalue weighted by molar-refractivity contribution is 6.35. The van der Waals surface area contributed by atoms with E-state index in [-0.39, 0.29) is 6.09 Å². The van der Waals surface area contributed by atoms with Crippen molar-refractivity contribution < 1.29 is 14.3 Å². The second-order valence-corrected chi connectivity index (χ2v) is 7.64. The SMILES string of the molecule is CC(C)(C)OC(=O)N1CCC(COc2ccc(Cl)cc2Cl)CC1. The molecular formula is C17H23Cl2NO3. The van der Waals surface area contributed by atoms with Gasteiger partial charge >= 0.3 is 6.09 Å². The van der Waals surface area contributed by atoms with Gasteiger partial charge in [0.2, 0.25) is 0 Å². The molecule has 0 N–H and O–H groups in total. The molecule has 0 atom stereocenters. The van der Waals surface area contributed by atoms with Crippen LogP contribution in [-0.2, 0) is 4.74 Å². The third-order valence-corrected chi connectivity index (χ3v) is 4.17. The zero-order chi connectivity index (χ0) is 17.0. The number of halogens is 2. The molecule has 1 aliphatic rings. The van der Waals surface area contributed by atoms with Gasteiger partial charge in [0.1, 0.15) is 11.4 Å². The van der Waals surface area contributed by atoms with Gasteiger partial charge in [-0.1, -0.05) is 23.2 Å². The number of benzene rings is 1. The van der Waals surface area contributed by atoms with Crippen LogP contribution >= 0.6 is 23.2 Å². The summed E-state index contributed by atoms with van der Waals surface area (Å²) in [6, 6.07) is 5.21. The number of carbonyl (C=O) groups excluding carboxylic acids is 1. The number of piperidine rings is 1. The molecule has 0 aliphatic carbocycles. The summed E-state index contributed by atoms with van der Waals surface area (Å²) in [5, 5.41) is 1.11. The molecule has 0 radical (unpaired) electrons. The second kappa shape index (κ2) is 7.63. The summed E-state index contributed by atoms with van der Waals surface area (Å²) >= 11 is 12.0. The smallest absolute Gasteiger partial charge is 0.410 e. The zero-order valence-corrected chi connectivity index (χ0v) is 15.3. The van der Waals surface area contributed by atoms with E-state index in [0.29, 0.717) is 41.4 Å². The monoisotopic (exact) mass is 359 g/mol. The van der Waals surface area contributed by atoms with Crippen LogP contribution in [0.1, 0.15) is 33.6 Å². The van der Waals surface area contributed by atoms with Crippen LogP contribution in [0.5, 0.6) is 5.75 Å². The molecule has 1 heterocycles. The van der Waals surface area contributed by atoms with E-state index >= 15 is 0 Å². The fourth-order valence-corrected chi connectivity index (χ4v) is 2.87. The normalized spacial score (nSPS) is 16.3. The van der Waals surface area contributed by atoms with Crippen LogP contribution in [0.3, 0.4) is 0 Å². The van der Waals surface area contributed by atoms with Crippen molar-refractivity contribution >= 4 is 29.3 Å². The van der Waals surface area contributed by atoms with Crippen molar-refractivity contribution in [1.82, 2.24) is 4.90 Å². The maximum atomic E-state index is 12.0. The molecule has 1 aliphatic heterocycles. The molecule has 0 spiro atoms. The van der Waals surface area contributed by atoms with Crippen LogP contribution in [0, 0.1) is 5.92 Å². The first kappa shape index (κ1) is 18.2. The maximum Gasteiger partial charge on any atom is 0.410 e. The fourth-order valence-electron chi connectivity index (χ4n) is 2.41. The van der Waals surface area contributed by atoms with Crippen LogP contribution in [0.25, 0.3) is 0 Å². The first-order chi connectivity index (χ1) is 10.7. The molecule has 1 aromatic carbocycles. The lowest BCUT2D eigenvalue weighted by Gasteiger charge is -2.33. The van der Waals surface area contributed by atoms with Crippen molar-refractivity contribution in [1.29, 1.82) is 0 Å². The van der Waals surface area contributed by atoms with E-state index in [1.165, 1.54) is 0 Å². The Hall–Kier alpha value is -1.13. The Kier molecular flexibility index (Phi) is 6.04. The molecule has 0 unspecified atom stereocenters. The summed E-state index contributed by atoms with van der Waals surface area (Å²) in [7, 11) is 0. The predicted octanol–water partition coefficient (Wildman–Crippen LogP) is 5.02. The van der Waals surface area contributed by atoms with Crippen molar-refractivity contribution in [3.05, 3.63) is 28.2 Å². The highest BCUT2D eigenvalue weighted by Crippen LogP contribution is 2.29. The highest BCUT2D eigenvalue weighted by atomic mass is 35.5. The average Bonchev–Trinajstić information content (AvgIpc) is 2.45. The number of hydrogen-bond donors (Lipinski definition) is 0. The lowest BCUT2D eigenvalue weighted by atomic mass is 9.98. The molecular weight excluding hydrogens is 337 g/mol. The van der Waals surface area contributed by atoms with E-state index in [0.717, 1.165) is 12.8 Å². The van der Waals surface area contributed by atoms with Gasteiger partial charge in [0.25, 0.3) is 0 Å². The Labute approximate surface area is 147 Å². The van der Waals surface area contributed by atoms with Crippen LogP contribution in [-0.4, -0.2) is 36.3 Å². The van der Waals surface area contributed by atoms with Gasteiger partial charge in [0.15, 0.2) is 0 Å². The minimum absolute atomic E-state index is 0.238. The quantitative estimate of drug-likeness (QED) is 0.760. The summed E-state index contributed by atoms with van der Waals surface area (Å²) in [4.78, 5) is 13.8. The Morgan fingerprint density at radius 3 is 2.48 bits per heavy atom. The summed E-state index contributed by atoms with van der Waals surface area (Å²) in [5.74, 6) is 1.05. The third kappa shape index (κ3) is 5.78. The second-order valence-electron chi connectivity index (χ2n) is 6.80. The molecule has 0 aromatic heterocycles. The Bertz CT molecular complexity index is 549. The van der Waals surface area contributed by atoms with Gasteiger partial charge in [-0.15, -0.1) is 0 Å². The summed E-state index contributed by atoms with van der Waals surface area (Å²) in [6.07, 6.45) is 1.55. The molecule has 128 valence electrons. The average molecular weight is 360 g/mol. The number of nitrogens with zero attached hydrogens (tertiary/aromatic N) is 1. The Morgan fingerprint density at radius 1 is 1.26 bits per heavy atom. The van der Waals surface area contributed by atoms with Gasteiger partial charge in [-0.3, -0.25) is 0 Å². The van der Waals surface area contributed by atoms with E-state index in [1.807, 2.05) is 20.8 Å². The van der Waals surface area contributed by atoms with Crippen molar-refractivity contribution in [2.24, 2.45) is 5.92 Å². The van der Waals surface area contributed by atoms with Gasteiger partial charge in [-0.05, 0) is 57.7 Å². The van der Waals surface area contributed by atoms with Crippen molar-refractivity contribution in [2.75, 3.05) is 19.7 Å². The zero-order valence-electron chi connectivity index (χ0n) is 13.8. The first-order valence-electron chi connectivity index (χ1n) is 7.80. The molecule has 6 heteroatoms. The topological polar surface area (TPSA) is 38.8 Å². The molecule has 1 amide bonds. The Balaban J connectivity index is 1.77. The van der Waals surface area contributed by atoms with Crippen LogP contribution in [0.2, 0.25) is 10.0 Å². The highest BCUT2D eigenvalue weighted by Gasteiger charge is 2.27. The van der Waals surface area contributed by atoms with Gasteiger partial charge in [-0.2, -0.15) is 0 Å².